The van der Waals surface area contributed by atoms with Gasteiger partial charge in [-0.3, -0.25) is 4.68 Å². The maximum Gasteiger partial charge on any atom is 0.326 e. The van der Waals surface area contributed by atoms with E-state index >= 15 is 0 Å². The summed E-state index contributed by atoms with van der Waals surface area (Å²) < 4.78 is 1.67. The molecule has 0 unspecified atom stereocenters. The van der Waals surface area contributed by atoms with Crippen molar-refractivity contribution in [3.8, 4) is 0 Å². The molecule has 0 aliphatic rings. The molecule has 0 aromatic carbocycles. The molecular formula is C13H22N4O3. The second-order valence-electron chi connectivity index (χ2n) is 5.88. The molecule has 0 saturated carbocycles. The average Bonchev–Trinajstić information content (AvgIpc) is 2.60. The lowest BCUT2D eigenvalue weighted by Crippen LogP contribution is -2.52. The topological polar surface area (TPSA) is 96.3 Å². The van der Waals surface area contributed by atoms with Crippen molar-refractivity contribution < 1.29 is 14.7 Å². The van der Waals surface area contributed by atoms with Crippen molar-refractivity contribution in [1.29, 1.82) is 0 Å². The van der Waals surface area contributed by atoms with Crippen LogP contribution in [-0.2, 0) is 18.4 Å². The summed E-state index contributed by atoms with van der Waals surface area (Å²) in [5.74, 6) is -1.05. The van der Waals surface area contributed by atoms with Crippen molar-refractivity contribution in [3.63, 3.8) is 0 Å². The highest BCUT2D eigenvalue weighted by molar-refractivity contribution is 5.83. The second-order valence-corrected chi connectivity index (χ2v) is 5.88. The summed E-state index contributed by atoms with van der Waals surface area (Å²) in [5, 5.41) is 18.4. The van der Waals surface area contributed by atoms with Crippen LogP contribution in [0.15, 0.2) is 6.20 Å². The van der Waals surface area contributed by atoms with Crippen LogP contribution in [0.3, 0.4) is 0 Å². The van der Waals surface area contributed by atoms with Crippen LogP contribution in [0.1, 0.15) is 32.0 Å². The fourth-order valence-electron chi connectivity index (χ4n) is 1.83. The Morgan fingerprint density at radius 2 is 2.05 bits per heavy atom. The van der Waals surface area contributed by atoms with Crippen molar-refractivity contribution in [3.05, 3.63) is 17.5 Å². The van der Waals surface area contributed by atoms with Crippen LogP contribution >= 0.6 is 0 Å². The Labute approximate surface area is 118 Å². The van der Waals surface area contributed by atoms with Gasteiger partial charge >= 0.3 is 12.0 Å². The standard InChI is InChI=1S/C13H22N4O3/c1-8-9(7-17(5)16-8)6-14-12(20)15-10(11(18)19)13(2,3)4/h7,10H,6H2,1-5H3,(H,18,19)(H2,14,15,20)/t10-/m0/s1. The molecule has 1 rings (SSSR count). The van der Waals surface area contributed by atoms with Crippen LogP contribution < -0.4 is 10.6 Å². The molecule has 1 aromatic heterocycles. The van der Waals surface area contributed by atoms with Gasteiger partial charge < -0.3 is 15.7 Å². The molecule has 0 spiro atoms. The van der Waals surface area contributed by atoms with Gasteiger partial charge in [0.1, 0.15) is 6.04 Å². The maximum absolute atomic E-state index is 11.8. The van der Waals surface area contributed by atoms with E-state index in [2.05, 4.69) is 15.7 Å². The van der Waals surface area contributed by atoms with Gasteiger partial charge in [0.2, 0.25) is 0 Å². The Morgan fingerprint density at radius 1 is 1.45 bits per heavy atom. The highest BCUT2D eigenvalue weighted by Gasteiger charge is 2.32. The third kappa shape index (κ3) is 4.25. The Bertz CT molecular complexity index is 502. The van der Waals surface area contributed by atoms with E-state index in [9.17, 15) is 9.59 Å². The highest BCUT2D eigenvalue weighted by atomic mass is 16.4. The highest BCUT2D eigenvalue weighted by Crippen LogP contribution is 2.19. The van der Waals surface area contributed by atoms with Crippen molar-refractivity contribution in [2.24, 2.45) is 12.5 Å². The fraction of sp³-hybridized carbons (Fsp3) is 0.615. The van der Waals surface area contributed by atoms with E-state index in [-0.39, 0.29) is 0 Å². The summed E-state index contributed by atoms with van der Waals surface area (Å²) in [6.45, 7) is 7.44. The van der Waals surface area contributed by atoms with Gasteiger partial charge in [-0.05, 0) is 12.3 Å². The van der Waals surface area contributed by atoms with Crippen LogP contribution in [0.25, 0.3) is 0 Å². The summed E-state index contributed by atoms with van der Waals surface area (Å²) in [6, 6.07) is -1.45. The number of carbonyl (C=O) groups is 2. The molecule has 0 aliphatic carbocycles. The molecule has 7 heteroatoms. The summed E-state index contributed by atoms with van der Waals surface area (Å²) in [6.07, 6.45) is 1.81. The Kier molecular flexibility index (Phi) is 4.75. The largest absolute Gasteiger partial charge is 0.480 e. The van der Waals surface area contributed by atoms with Crippen molar-refractivity contribution >= 4 is 12.0 Å². The molecule has 112 valence electrons. The normalized spacial score (nSPS) is 12.8. The Hall–Kier alpha value is -2.05. The zero-order valence-electron chi connectivity index (χ0n) is 12.5. The van der Waals surface area contributed by atoms with Crippen LogP contribution in [0.5, 0.6) is 0 Å². The molecule has 1 heterocycles. The van der Waals surface area contributed by atoms with Crippen LogP contribution in [-0.4, -0.2) is 32.9 Å². The molecule has 1 aromatic rings. The number of aliphatic carboxylic acids is 1. The number of nitrogens with one attached hydrogen (secondary N) is 2. The number of aryl methyl sites for hydroxylation is 2. The first-order valence-electron chi connectivity index (χ1n) is 6.37. The number of rotatable bonds is 4. The summed E-state index contributed by atoms with van der Waals surface area (Å²) >= 11 is 0. The van der Waals surface area contributed by atoms with E-state index in [1.54, 1.807) is 32.5 Å². The van der Waals surface area contributed by atoms with E-state index in [1.165, 1.54) is 0 Å². The van der Waals surface area contributed by atoms with Gasteiger partial charge in [0, 0.05) is 25.4 Å². The molecular weight excluding hydrogens is 260 g/mol. The van der Waals surface area contributed by atoms with E-state index in [0.717, 1.165) is 11.3 Å². The number of aromatic nitrogens is 2. The number of carboxylic acid groups (broad SMARTS) is 1. The SMILES string of the molecule is Cc1nn(C)cc1CNC(=O)N[C@@H](C(=O)O)C(C)(C)C. The molecule has 0 saturated heterocycles. The fourth-order valence-corrected chi connectivity index (χ4v) is 1.83. The van der Waals surface area contributed by atoms with Crippen molar-refractivity contribution in [2.75, 3.05) is 0 Å². The molecule has 0 bridgehead atoms. The second kappa shape index (κ2) is 5.94. The van der Waals surface area contributed by atoms with Gasteiger partial charge in [0.25, 0.3) is 0 Å². The van der Waals surface area contributed by atoms with Crippen LogP contribution in [0.4, 0.5) is 4.79 Å². The predicted octanol–water partition coefficient (Wildman–Crippen LogP) is 1.03. The number of amides is 2. The smallest absolute Gasteiger partial charge is 0.326 e. The first kappa shape index (κ1) is 16.0. The molecule has 0 radical (unpaired) electrons. The quantitative estimate of drug-likeness (QED) is 0.768. The number of carbonyl (C=O) groups excluding carboxylic acids is 1. The molecule has 7 nitrogen and oxygen atoms in total. The lowest BCUT2D eigenvalue weighted by atomic mass is 9.87. The van der Waals surface area contributed by atoms with Crippen molar-refractivity contribution in [2.45, 2.75) is 40.3 Å². The van der Waals surface area contributed by atoms with Crippen LogP contribution in [0, 0.1) is 12.3 Å². The zero-order chi connectivity index (χ0) is 15.5. The van der Waals surface area contributed by atoms with E-state index in [1.807, 2.05) is 13.1 Å². The number of hydrogen-bond donors (Lipinski definition) is 3. The monoisotopic (exact) mass is 282 g/mol. The minimum atomic E-state index is -1.05. The van der Waals surface area contributed by atoms with Gasteiger partial charge in [-0.2, -0.15) is 5.10 Å². The summed E-state index contributed by atoms with van der Waals surface area (Å²) in [4.78, 5) is 22.9. The third-order valence-corrected chi connectivity index (χ3v) is 2.94. The van der Waals surface area contributed by atoms with Crippen LogP contribution in [0.2, 0.25) is 0 Å². The molecule has 0 aliphatic heterocycles. The lowest BCUT2D eigenvalue weighted by Gasteiger charge is -2.27. The number of urea groups is 1. The lowest BCUT2D eigenvalue weighted by molar-refractivity contribution is -0.141. The van der Waals surface area contributed by atoms with E-state index < -0.39 is 23.5 Å². The van der Waals surface area contributed by atoms with Gasteiger partial charge in [0.15, 0.2) is 0 Å². The Morgan fingerprint density at radius 3 is 2.45 bits per heavy atom. The molecule has 20 heavy (non-hydrogen) atoms. The minimum Gasteiger partial charge on any atom is -0.480 e. The first-order chi connectivity index (χ1) is 9.11. The third-order valence-electron chi connectivity index (χ3n) is 2.94. The number of carboxylic acids is 1. The summed E-state index contributed by atoms with van der Waals surface area (Å²) in [5.41, 5.74) is 1.16. The van der Waals surface area contributed by atoms with Gasteiger partial charge in [0.05, 0.1) is 5.69 Å². The Balaban J connectivity index is 2.59. The first-order valence-corrected chi connectivity index (χ1v) is 6.37. The number of nitrogens with zero attached hydrogens (tertiary/aromatic N) is 2. The van der Waals surface area contributed by atoms with E-state index in [0.29, 0.717) is 6.54 Å². The summed E-state index contributed by atoms with van der Waals surface area (Å²) in [7, 11) is 1.80. The average molecular weight is 282 g/mol. The maximum atomic E-state index is 11.8. The molecule has 2 amide bonds. The molecule has 0 fully saturated rings. The number of hydrogen-bond acceptors (Lipinski definition) is 3. The van der Waals surface area contributed by atoms with Gasteiger partial charge in [-0.15, -0.1) is 0 Å². The minimum absolute atomic E-state index is 0.308. The van der Waals surface area contributed by atoms with Gasteiger partial charge in [-0.25, -0.2) is 9.59 Å². The predicted molar refractivity (Wildman–Crippen MR) is 74.2 cm³/mol. The molecule has 3 N–H and O–H groups in total. The molecule has 1 atom stereocenters. The van der Waals surface area contributed by atoms with Gasteiger partial charge in [-0.1, -0.05) is 20.8 Å². The zero-order valence-corrected chi connectivity index (χ0v) is 12.5. The van der Waals surface area contributed by atoms with Crippen molar-refractivity contribution in [1.82, 2.24) is 20.4 Å². The van der Waals surface area contributed by atoms with E-state index in [4.69, 9.17) is 5.11 Å².